The largest absolute Gasteiger partial charge is 0.379 e. The number of morpholine rings is 1. The van der Waals surface area contributed by atoms with Gasteiger partial charge in [-0.25, -0.2) is 8.42 Å². The second-order valence-electron chi connectivity index (χ2n) is 6.93. The normalized spacial score (nSPS) is 21.0. The Bertz CT molecular complexity index is 891. The Hall–Kier alpha value is -1.89. The summed E-state index contributed by atoms with van der Waals surface area (Å²) in [7, 11) is -3.50. The molecule has 4 rings (SSSR count). The van der Waals surface area contributed by atoms with Crippen molar-refractivity contribution in [3.8, 4) is 0 Å². The molecule has 0 spiro atoms. The Morgan fingerprint density at radius 1 is 1.04 bits per heavy atom. The number of hydrogen-bond donors (Lipinski definition) is 0. The van der Waals surface area contributed by atoms with Crippen LogP contribution in [0, 0.1) is 0 Å². The molecule has 0 saturated carbocycles. The minimum Gasteiger partial charge on any atom is -0.379 e. The fourth-order valence-electron chi connectivity index (χ4n) is 3.87. The van der Waals surface area contributed by atoms with E-state index in [2.05, 4.69) is 30.0 Å². The number of hydrogen-bond acceptors (Lipinski definition) is 4. The van der Waals surface area contributed by atoms with Crippen molar-refractivity contribution in [1.29, 1.82) is 0 Å². The monoisotopic (exact) mass is 372 g/mol. The zero-order chi connectivity index (χ0) is 18.1. The van der Waals surface area contributed by atoms with E-state index in [4.69, 9.17) is 4.74 Å². The number of anilines is 1. The molecule has 138 valence electrons. The summed E-state index contributed by atoms with van der Waals surface area (Å²) < 4.78 is 33.2. The van der Waals surface area contributed by atoms with E-state index in [9.17, 15) is 8.42 Å². The molecule has 26 heavy (non-hydrogen) atoms. The van der Waals surface area contributed by atoms with E-state index in [1.807, 2.05) is 18.2 Å². The summed E-state index contributed by atoms with van der Waals surface area (Å²) in [6.45, 7) is 4.53. The Morgan fingerprint density at radius 2 is 1.73 bits per heavy atom. The number of benzene rings is 2. The topological polar surface area (TPSA) is 49.9 Å². The van der Waals surface area contributed by atoms with Crippen LogP contribution in [0.5, 0.6) is 0 Å². The minimum absolute atomic E-state index is 0.353. The number of rotatable bonds is 4. The van der Waals surface area contributed by atoms with Crippen molar-refractivity contribution in [2.45, 2.75) is 30.8 Å². The van der Waals surface area contributed by atoms with Crippen LogP contribution in [0.3, 0.4) is 0 Å². The van der Waals surface area contributed by atoms with E-state index < -0.39 is 10.0 Å². The summed E-state index contributed by atoms with van der Waals surface area (Å²) in [5.41, 5.74) is 3.38. The SMILES string of the molecule is CC1Cc2ccccc2N1Cc1ccccc1S(=O)(=O)N1CCOCC1. The van der Waals surface area contributed by atoms with E-state index in [0.717, 1.165) is 12.0 Å². The molecule has 2 aliphatic heterocycles. The molecule has 2 aromatic rings. The van der Waals surface area contributed by atoms with Crippen LogP contribution in [0.1, 0.15) is 18.1 Å². The van der Waals surface area contributed by atoms with Gasteiger partial charge in [0.25, 0.3) is 0 Å². The van der Waals surface area contributed by atoms with Crippen molar-refractivity contribution in [3.05, 3.63) is 59.7 Å². The van der Waals surface area contributed by atoms with Gasteiger partial charge in [0.1, 0.15) is 0 Å². The molecule has 0 bridgehead atoms. The lowest BCUT2D eigenvalue weighted by molar-refractivity contribution is 0.0730. The molecule has 1 unspecified atom stereocenters. The molecule has 1 saturated heterocycles. The van der Waals surface area contributed by atoms with Crippen LogP contribution in [0.2, 0.25) is 0 Å². The number of fused-ring (bicyclic) bond motifs is 1. The van der Waals surface area contributed by atoms with Crippen LogP contribution in [0.25, 0.3) is 0 Å². The highest BCUT2D eigenvalue weighted by Crippen LogP contribution is 2.34. The van der Waals surface area contributed by atoms with Crippen LogP contribution >= 0.6 is 0 Å². The first-order valence-corrected chi connectivity index (χ1v) is 10.5. The van der Waals surface area contributed by atoms with Crippen LogP contribution in [-0.4, -0.2) is 45.1 Å². The third-order valence-corrected chi connectivity index (χ3v) is 7.25. The van der Waals surface area contributed by atoms with Gasteiger partial charge in [-0.2, -0.15) is 4.31 Å². The molecule has 0 aromatic heterocycles. The maximum atomic E-state index is 13.2. The van der Waals surface area contributed by atoms with Gasteiger partial charge in [-0.05, 0) is 36.6 Å². The van der Waals surface area contributed by atoms with E-state index in [-0.39, 0.29) is 0 Å². The minimum atomic E-state index is -3.50. The molecule has 2 aromatic carbocycles. The number of nitrogens with zero attached hydrogens (tertiary/aromatic N) is 2. The van der Waals surface area contributed by atoms with Gasteiger partial charge in [0.2, 0.25) is 10.0 Å². The fourth-order valence-corrected chi connectivity index (χ4v) is 5.49. The standard InChI is InChI=1S/C20H24N2O3S/c1-16-14-17-6-2-4-8-19(17)22(16)15-18-7-3-5-9-20(18)26(23,24)21-10-12-25-13-11-21/h2-9,16H,10-15H2,1H3. The van der Waals surface area contributed by atoms with Crippen LogP contribution < -0.4 is 4.90 Å². The smallest absolute Gasteiger partial charge is 0.243 e. The summed E-state index contributed by atoms with van der Waals surface area (Å²) in [5.74, 6) is 0. The van der Waals surface area contributed by atoms with Gasteiger partial charge in [0.05, 0.1) is 18.1 Å². The fraction of sp³-hybridized carbons (Fsp3) is 0.400. The first-order valence-electron chi connectivity index (χ1n) is 9.08. The predicted octanol–water partition coefficient (Wildman–Crippen LogP) is 2.66. The maximum absolute atomic E-state index is 13.2. The van der Waals surface area contributed by atoms with E-state index >= 15 is 0 Å². The Balaban J connectivity index is 1.67. The van der Waals surface area contributed by atoms with E-state index in [1.165, 1.54) is 15.6 Å². The molecule has 0 N–H and O–H groups in total. The molecule has 6 heteroatoms. The van der Waals surface area contributed by atoms with Crippen molar-refractivity contribution in [1.82, 2.24) is 4.31 Å². The number of sulfonamides is 1. The van der Waals surface area contributed by atoms with E-state index in [1.54, 1.807) is 12.1 Å². The van der Waals surface area contributed by atoms with Gasteiger partial charge in [0.15, 0.2) is 0 Å². The zero-order valence-corrected chi connectivity index (χ0v) is 15.8. The molecule has 1 fully saturated rings. The molecule has 0 radical (unpaired) electrons. The van der Waals surface area contributed by atoms with Gasteiger partial charge in [-0.15, -0.1) is 0 Å². The molecule has 0 amide bonds. The van der Waals surface area contributed by atoms with Crippen LogP contribution in [0.4, 0.5) is 5.69 Å². The molecule has 2 aliphatic rings. The lowest BCUT2D eigenvalue weighted by Crippen LogP contribution is -2.41. The average Bonchev–Trinajstić information content (AvgIpc) is 2.98. The number of ether oxygens (including phenoxy) is 1. The van der Waals surface area contributed by atoms with Gasteiger partial charge < -0.3 is 9.64 Å². The third kappa shape index (κ3) is 3.13. The average molecular weight is 372 g/mol. The summed E-state index contributed by atoms with van der Waals surface area (Å²) >= 11 is 0. The first kappa shape index (κ1) is 17.5. The zero-order valence-electron chi connectivity index (χ0n) is 15.0. The molecule has 0 aliphatic carbocycles. The van der Waals surface area contributed by atoms with E-state index in [0.29, 0.717) is 43.8 Å². The van der Waals surface area contributed by atoms with Crippen LogP contribution in [-0.2, 0) is 27.7 Å². The van der Waals surface area contributed by atoms with Crippen molar-refractivity contribution in [2.75, 3.05) is 31.2 Å². The molecule has 1 atom stereocenters. The highest BCUT2D eigenvalue weighted by Gasteiger charge is 2.31. The molecular weight excluding hydrogens is 348 g/mol. The number of para-hydroxylation sites is 1. The van der Waals surface area contributed by atoms with Gasteiger partial charge in [-0.1, -0.05) is 36.4 Å². The predicted molar refractivity (Wildman–Crippen MR) is 102 cm³/mol. The third-order valence-electron chi connectivity index (χ3n) is 5.25. The maximum Gasteiger partial charge on any atom is 0.243 e. The van der Waals surface area contributed by atoms with Crippen molar-refractivity contribution >= 4 is 15.7 Å². The lowest BCUT2D eigenvalue weighted by atomic mass is 10.1. The van der Waals surface area contributed by atoms with Crippen molar-refractivity contribution in [2.24, 2.45) is 0 Å². The Labute approximate surface area is 155 Å². The molecule has 5 nitrogen and oxygen atoms in total. The van der Waals surface area contributed by atoms with Gasteiger partial charge in [-0.3, -0.25) is 0 Å². The Morgan fingerprint density at radius 3 is 2.54 bits per heavy atom. The molecule has 2 heterocycles. The first-order chi connectivity index (χ1) is 12.6. The summed E-state index contributed by atoms with van der Waals surface area (Å²) in [6, 6.07) is 16.1. The van der Waals surface area contributed by atoms with Gasteiger partial charge in [0, 0.05) is 31.4 Å². The van der Waals surface area contributed by atoms with Gasteiger partial charge >= 0.3 is 0 Å². The van der Waals surface area contributed by atoms with Crippen molar-refractivity contribution in [3.63, 3.8) is 0 Å². The summed E-state index contributed by atoms with van der Waals surface area (Å²) in [4.78, 5) is 2.72. The second-order valence-corrected chi connectivity index (χ2v) is 8.84. The second kappa shape index (κ2) is 7.02. The van der Waals surface area contributed by atoms with Crippen LogP contribution in [0.15, 0.2) is 53.4 Å². The summed E-state index contributed by atoms with van der Waals surface area (Å²) in [5, 5.41) is 0. The Kier molecular flexibility index (Phi) is 4.73. The highest BCUT2D eigenvalue weighted by molar-refractivity contribution is 7.89. The molecular formula is C20H24N2O3S. The van der Waals surface area contributed by atoms with Crippen molar-refractivity contribution < 1.29 is 13.2 Å². The lowest BCUT2D eigenvalue weighted by Gasteiger charge is -2.29. The highest BCUT2D eigenvalue weighted by atomic mass is 32.2. The summed E-state index contributed by atoms with van der Waals surface area (Å²) in [6.07, 6.45) is 0.995. The quantitative estimate of drug-likeness (QED) is 0.828.